The number of fused-ring (bicyclic) bond motifs is 1. The average molecular weight is 319 g/mol. The molecule has 0 unspecified atom stereocenters. The van der Waals surface area contributed by atoms with Crippen LogP contribution in [0.3, 0.4) is 0 Å². The van der Waals surface area contributed by atoms with Crippen molar-refractivity contribution in [1.29, 1.82) is 0 Å². The maximum absolute atomic E-state index is 12.0. The van der Waals surface area contributed by atoms with Crippen molar-refractivity contribution in [3.05, 3.63) is 72.1 Å². The number of rotatable bonds is 5. The highest BCUT2D eigenvalue weighted by Crippen LogP contribution is 2.17. The van der Waals surface area contributed by atoms with E-state index >= 15 is 0 Å². The summed E-state index contributed by atoms with van der Waals surface area (Å²) in [5.74, 6) is 0.382. The second kappa shape index (κ2) is 7.37. The van der Waals surface area contributed by atoms with E-state index in [1.54, 1.807) is 31.6 Å². The van der Waals surface area contributed by atoms with E-state index in [2.05, 4.69) is 15.3 Å². The van der Waals surface area contributed by atoms with E-state index in [1.165, 1.54) is 6.08 Å². The van der Waals surface area contributed by atoms with Gasteiger partial charge in [-0.05, 0) is 17.7 Å². The van der Waals surface area contributed by atoms with Crippen molar-refractivity contribution in [3.63, 3.8) is 0 Å². The van der Waals surface area contributed by atoms with Crippen molar-refractivity contribution in [1.82, 2.24) is 15.3 Å². The lowest BCUT2D eigenvalue weighted by atomic mass is 10.1. The molecule has 5 heteroatoms. The molecule has 0 aliphatic carbocycles. The minimum absolute atomic E-state index is 0.168. The molecule has 0 spiro atoms. The fourth-order valence-corrected chi connectivity index (χ4v) is 2.31. The molecule has 0 radical (unpaired) electrons. The molecule has 5 nitrogen and oxygen atoms in total. The molecule has 0 aliphatic rings. The Hall–Kier alpha value is -3.21. The van der Waals surface area contributed by atoms with Gasteiger partial charge in [-0.25, -0.2) is 4.98 Å². The Balaban J connectivity index is 1.64. The van der Waals surface area contributed by atoms with Gasteiger partial charge in [0.25, 0.3) is 0 Å². The van der Waals surface area contributed by atoms with Gasteiger partial charge in [0.05, 0.1) is 12.6 Å². The summed E-state index contributed by atoms with van der Waals surface area (Å²) >= 11 is 0. The van der Waals surface area contributed by atoms with E-state index in [0.717, 1.165) is 22.0 Å². The molecule has 24 heavy (non-hydrogen) atoms. The van der Waals surface area contributed by atoms with Crippen molar-refractivity contribution >= 4 is 22.9 Å². The van der Waals surface area contributed by atoms with Crippen molar-refractivity contribution in [2.24, 2.45) is 0 Å². The summed E-state index contributed by atoms with van der Waals surface area (Å²) in [6.45, 7) is 0.411. The second-order valence-corrected chi connectivity index (χ2v) is 5.18. The summed E-state index contributed by atoms with van der Waals surface area (Å²) in [5, 5.41) is 3.87. The summed E-state index contributed by atoms with van der Waals surface area (Å²) in [6.07, 6.45) is 6.71. The van der Waals surface area contributed by atoms with Gasteiger partial charge >= 0.3 is 0 Å². The van der Waals surface area contributed by atoms with Crippen LogP contribution in [0.1, 0.15) is 11.1 Å². The number of aromatic nitrogens is 2. The molecule has 0 bridgehead atoms. The molecule has 1 aromatic carbocycles. The largest absolute Gasteiger partial charge is 0.481 e. The predicted octanol–water partition coefficient (Wildman–Crippen LogP) is 2.97. The predicted molar refractivity (Wildman–Crippen MR) is 93.4 cm³/mol. The van der Waals surface area contributed by atoms with Gasteiger partial charge in [-0.1, -0.05) is 30.3 Å². The van der Waals surface area contributed by atoms with Gasteiger partial charge < -0.3 is 10.1 Å². The van der Waals surface area contributed by atoms with Crippen LogP contribution < -0.4 is 10.1 Å². The SMILES string of the molecule is COc1ccc(CNC(=O)/C=C/c2cccc3cccnc23)cn1. The summed E-state index contributed by atoms with van der Waals surface area (Å²) in [7, 11) is 1.57. The number of carbonyl (C=O) groups is 1. The lowest BCUT2D eigenvalue weighted by molar-refractivity contribution is -0.116. The zero-order chi connectivity index (χ0) is 16.8. The van der Waals surface area contributed by atoms with Crippen molar-refractivity contribution < 1.29 is 9.53 Å². The van der Waals surface area contributed by atoms with Gasteiger partial charge in [0.1, 0.15) is 0 Å². The minimum Gasteiger partial charge on any atom is -0.481 e. The Kier molecular flexibility index (Phi) is 4.81. The topological polar surface area (TPSA) is 64.1 Å². The number of pyridine rings is 2. The number of ether oxygens (including phenoxy) is 1. The standard InChI is InChI=1S/C19H17N3O2/c1-24-18-10-7-14(13-22-18)12-21-17(23)9-8-16-5-2-4-15-6-3-11-20-19(15)16/h2-11,13H,12H2,1H3,(H,21,23)/b9-8+. The van der Waals surface area contributed by atoms with E-state index < -0.39 is 0 Å². The molecule has 0 saturated carbocycles. The fraction of sp³-hybridized carbons (Fsp3) is 0.105. The van der Waals surface area contributed by atoms with Gasteiger partial charge in [0.2, 0.25) is 11.8 Å². The zero-order valence-electron chi connectivity index (χ0n) is 13.3. The quantitative estimate of drug-likeness (QED) is 0.734. The zero-order valence-corrected chi connectivity index (χ0v) is 13.3. The average Bonchev–Trinajstić information content (AvgIpc) is 2.65. The summed E-state index contributed by atoms with van der Waals surface area (Å²) in [6, 6.07) is 13.4. The first kappa shape index (κ1) is 15.7. The number of methoxy groups -OCH3 is 1. The number of nitrogens with zero attached hydrogens (tertiary/aromatic N) is 2. The Morgan fingerprint density at radius 3 is 2.83 bits per heavy atom. The van der Waals surface area contributed by atoms with Gasteiger partial charge in [-0.2, -0.15) is 0 Å². The molecule has 0 atom stereocenters. The first-order valence-electron chi connectivity index (χ1n) is 7.55. The van der Waals surface area contributed by atoms with E-state index in [0.29, 0.717) is 12.4 Å². The molecule has 1 amide bonds. The number of carbonyl (C=O) groups excluding carboxylic acids is 1. The van der Waals surface area contributed by atoms with Crippen LogP contribution in [0.25, 0.3) is 17.0 Å². The number of nitrogens with one attached hydrogen (secondary N) is 1. The van der Waals surface area contributed by atoms with Gasteiger partial charge in [0.15, 0.2) is 0 Å². The van der Waals surface area contributed by atoms with Gasteiger partial charge in [-0.15, -0.1) is 0 Å². The highest BCUT2D eigenvalue weighted by molar-refractivity contribution is 5.95. The van der Waals surface area contributed by atoms with Crippen LogP contribution in [0.15, 0.2) is 60.9 Å². The number of amides is 1. The Morgan fingerprint density at radius 2 is 2.04 bits per heavy atom. The van der Waals surface area contributed by atoms with Crippen LogP contribution in [-0.4, -0.2) is 23.0 Å². The molecule has 0 saturated heterocycles. The number of hydrogen-bond acceptors (Lipinski definition) is 4. The van der Waals surface area contributed by atoms with E-state index in [1.807, 2.05) is 36.4 Å². The molecule has 120 valence electrons. The smallest absolute Gasteiger partial charge is 0.244 e. The van der Waals surface area contributed by atoms with Crippen molar-refractivity contribution in [3.8, 4) is 5.88 Å². The van der Waals surface area contributed by atoms with E-state index in [9.17, 15) is 4.79 Å². The van der Waals surface area contributed by atoms with Crippen LogP contribution in [0.2, 0.25) is 0 Å². The fourth-order valence-electron chi connectivity index (χ4n) is 2.31. The highest BCUT2D eigenvalue weighted by atomic mass is 16.5. The molecule has 3 aromatic rings. The monoisotopic (exact) mass is 319 g/mol. The number of benzene rings is 1. The second-order valence-electron chi connectivity index (χ2n) is 5.18. The molecular weight excluding hydrogens is 302 g/mol. The van der Waals surface area contributed by atoms with Gasteiger partial charge in [-0.3, -0.25) is 9.78 Å². The molecule has 3 rings (SSSR count). The van der Waals surface area contributed by atoms with Crippen molar-refractivity contribution in [2.75, 3.05) is 7.11 Å². The maximum Gasteiger partial charge on any atom is 0.244 e. The van der Waals surface area contributed by atoms with E-state index in [-0.39, 0.29) is 5.91 Å². The summed E-state index contributed by atoms with van der Waals surface area (Å²) in [5.41, 5.74) is 2.70. The van der Waals surface area contributed by atoms with E-state index in [4.69, 9.17) is 4.74 Å². The first-order chi connectivity index (χ1) is 11.8. The van der Waals surface area contributed by atoms with Crippen LogP contribution >= 0.6 is 0 Å². The van der Waals surface area contributed by atoms with Crippen LogP contribution in [0.4, 0.5) is 0 Å². The Labute approximate surface area is 140 Å². The Morgan fingerprint density at radius 1 is 1.17 bits per heavy atom. The minimum atomic E-state index is -0.168. The van der Waals surface area contributed by atoms with Gasteiger partial charge in [0, 0.05) is 42.0 Å². The normalized spacial score (nSPS) is 10.9. The van der Waals surface area contributed by atoms with Crippen LogP contribution in [0, 0.1) is 0 Å². The lowest BCUT2D eigenvalue weighted by Crippen LogP contribution is -2.20. The maximum atomic E-state index is 12.0. The third kappa shape index (κ3) is 3.76. The van der Waals surface area contributed by atoms with Crippen LogP contribution in [0.5, 0.6) is 5.88 Å². The van der Waals surface area contributed by atoms with Crippen molar-refractivity contribution in [2.45, 2.75) is 6.54 Å². The molecular formula is C19H17N3O2. The molecule has 1 N–H and O–H groups in total. The number of para-hydroxylation sites is 1. The molecule has 0 fully saturated rings. The van der Waals surface area contributed by atoms with Crippen LogP contribution in [-0.2, 0) is 11.3 Å². The third-order valence-electron chi connectivity index (χ3n) is 3.55. The first-order valence-corrected chi connectivity index (χ1v) is 7.55. The lowest BCUT2D eigenvalue weighted by Gasteiger charge is -2.04. The Bertz CT molecular complexity index is 868. The molecule has 0 aliphatic heterocycles. The number of hydrogen-bond donors (Lipinski definition) is 1. The summed E-state index contributed by atoms with van der Waals surface area (Å²) < 4.78 is 5.00. The molecule has 2 aromatic heterocycles. The highest BCUT2D eigenvalue weighted by Gasteiger charge is 2.01. The molecule has 2 heterocycles. The third-order valence-corrected chi connectivity index (χ3v) is 3.55. The summed E-state index contributed by atoms with van der Waals surface area (Å²) in [4.78, 5) is 20.5.